The summed E-state index contributed by atoms with van der Waals surface area (Å²) in [5, 5.41) is 0. The lowest BCUT2D eigenvalue weighted by molar-refractivity contribution is -0.206. The Balaban J connectivity index is 2.05. The van der Waals surface area contributed by atoms with E-state index in [1.165, 1.54) is 0 Å². The van der Waals surface area contributed by atoms with Gasteiger partial charge in [-0.05, 0) is 39.8 Å². The van der Waals surface area contributed by atoms with Gasteiger partial charge in [0.05, 0.1) is 11.2 Å². The second-order valence-electron chi connectivity index (χ2n) is 4.98. The minimum absolute atomic E-state index is 0.355. The minimum atomic E-state index is -0.632. The maximum Gasteiger partial charge on any atom is 0.317 e. The fourth-order valence-electron chi connectivity index (χ4n) is 1.45. The average molecular weight is 222 g/mol. The van der Waals surface area contributed by atoms with Crippen molar-refractivity contribution in [1.82, 2.24) is 0 Å². The second-order valence-corrected chi connectivity index (χ2v) is 4.98. The molecule has 3 heteroatoms. The third kappa shape index (κ3) is 2.06. The van der Waals surface area contributed by atoms with E-state index < -0.39 is 6.48 Å². The summed E-state index contributed by atoms with van der Waals surface area (Å²) in [7, 11) is 0. The van der Waals surface area contributed by atoms with Gasteiger partial charge in [-0.3, -0.25) is 0 Å². The van der Waals surface area contributed by atoms with Crippen LogP contribution in [-0.4, -0.2) is 17.7 Å². The van der Waals surface area contributed by atoms with Crippen LogP contribution in [0.4, 0.5) is 0 Å². The van der Waals surface area contributed by atoms with Gasteiger partial charge in [0.2, 0.25) is 0 Å². The fraction of sp³-hybridized carbons (Fsp3) is 0.538. The highest BCUT2D eigenvalue weighted by Crippen LogP contribution is 2.38. The largest absolute Gasteiger partial charge is 0.441 e. The molecule has 1 aliphatic heterocycles. The Morgan fingerprint density at radius 3 is 1.94 bits per heavy atom. The van der Waals surface area contributed by atoms with Crippen molar-refractivity contribution in [2.24, 2.45) is 0 Å². The van der Waals surface area contributed by atoms with E-state index in [1.54, 1.807) is 0 Å². The zero-order valence-electron chi connectivity index (χ0n) is 10.2. The Kier molecular flexibility index (Phi) is 2.68. The fourth-order valence-corrected chi connectivity index (χ4v) is 1.45. The highest BCUT2D eigenvalue weighted by Gasteiger charge is 2.50. The number of rotatable bonds is 2. The first kappa shape index (κ1) is 11.4. The molecule has 1 fully saturated rings. The summed E-state index contributed by atoms with van der Waals surface area (Å²) < 4.78 is 17.0. The molecule has 88 valence electrons. The standard InChI is InChI=1S/C13H18O3/c1-12(2)13(3,4)16-11(15-12)14-10-8-6-5-7-9-10/h5-9,11H,1-4H3. The molecule has 1 heterocycles. The molecule has 1 saturated heterocycles. The quantitative estimate of drug-likeness (QED) is 0.770. The van der Waals surface area contributed by atoms with Gasteiger partial charge in [-0.1, -0.05) is 18.2 Å². The summed E-state index contributed by atoms with van der Waals surface area (Å²) in [4.78, 5) is 0. The molecule has 0 spiro atoms. The molecule has 1 aliphatic rings. The van der Waals surface area contributed by atoms with Crippen LogP contribution in [0.3, 0.4) is 0 Å². The Bertz CT molecular complexity index is 341. The minimum Gasteiger partial charge on any atom is -0.441 e. The number of hydrogen-bond donors (Lipinski definition) is 0. The van der Waals surface area contributed by atoms with Crippen LogP contribution < -0.4 is 4.74 Å². The monoisotopic (exact) mass is 222 g/mol. The van der Waals surface area contributed by atoms with Crippen LogP contribution in [-0.2, 0) is 9.47 Å². The van der Waals surface area contributed by atoms with E-state index in [4.69, 9.17) is 14.2 Å². The molecule has 1 aromatic carbocycles. The molecule has 1 aromatic rings. The van der Waals surface area contributed by atoms with Gasteiger partial charge in [0.25, 0.3) is 0 Å². The molecular formula is C13H18O3. The molecule has 0 unspecified atom stereocenters. The van der Waals surface area contributed by atoms with Gasteiger partial charge in [-0.2, -0.15) is 0 Å². The van der Waals surface area contributed by atoms with Crippen molar-refractivity contribution in [3.05, 3.63) is 30.3 Å². The van der Waals surface area contributed by atoms with Crippen LogP contribution in [0.5, 0.6) is 5.75 Å². The summed E-state index contributed by atoms with van der Waals surface area (Å²) in [6, 6.07) is 9.54. The van der Waals surface area contributed by atoms with Crippen molar-refractivity contribution in [2.75, 3.05) is 0 Å². The van der Waals surface area contributed by atoms with Crippen LogP contribution in [0.1, 0.15) is 27.7 Å². The first-order chi connectivity index (χ1) is 7.41. The van der Waals surface area contributed by atoms with Gasteiger partial charge in [-0.15, -0.1) is 0 Å². The summed E-state index contributed by atoms with van der Waals surface area (Å²) in [5.74, 6) is 0.751. The zero-order valence-corrected chi connectivity index (χ0v) is 10.2. The molecule has 3 nitrogen and oxygen atoms in total. The first-order valence-corrected chi connectivity index (χ1v) is 5.48. The first-order valence-electron chi connectivity index (χ1n) is 5.48. The lowest BCUT2D eigenvalue weighted by Crippen LogP contribution is -2.41. The molecule has 0 N–H and O–H groups in total. The van der Waals surface area contributed by atoms with Crippen molar-refractivity contribution in [1.29, 1.82) is 0 Å². The molecule has 0 radical (unpaired) electrons. The summed E-state index contributed by atoms with van der Waals surface area (Å²) in [6.07, 6.45) is 0. The number of hydrogen-bond acceptors (Lipinski definition) is 3. The van der Waals surface area contributed by atoms with E-state index in [2.05, 4.69) is 0 Å². The molecule has 16 heavy (non-hydrogen) atoms. The second kappa shape index (κ2) is 3.75. The third-order valence-electron chi connectivity index (χ3n) is 3.21. The van der Waals surface area contributed by atoms with Crippen molar-refractivity contribution in [3.8, 4) is 5.75 Å². The number of ether oxygens (including phenoxy) is 3. The Labute approximate surface area is 96.3 Å². The summed E-state index contributed by atoms with van der Waals surface area (Å²) in [5.41, 5.74) is -0.709. The van der Waals surface area contributed by atoms with Crippen LogP contribution in [0.15, 0.2) is 30.3 Å². The Morgan fingerprint density at radius 2 is 1.44 bits per heavy atom. The van der Waals surface area contributed by atoms with E-state index in [1.807, 2.05) is 58.0 Å². The molecule has 0 amide bonds. The highest BCUT2D eigenvalue weighted by molar-refractivity contribution is 5.21. The van der Waals surface area contributed by atoms with Crippen molar-refractivity contribution in [2.45, 2.75) is 45.4 Å². The molecule has 2 rings (SSSR count). The van der Waals surface area contributed by atoms with Crippen molar-refractivity contribution >= 4 is 0 Å². The number of para-hydroxylation sites is 1. The van der Waals surface area contributed by atoms with Gasteiger partial charge < -0.3 is 14.2 Å². The van der Waals surface area contributed by atoms with Crippen LogP contribution in [0, 0.1) is 0 Å². The molecule has 0 bridgehead atoms. The van der Waals surface area contributed by atoms with Gasteiger partial charge in [-0.25, -0.2) is 0 Å². The van der Waals surface area contributed by atoms with E-state index in [0.717, 1.165) is 5.75 Å². The predicted molar refractivity (Wildman–Crippen MR) is 61.2 cm³/mol. The van der Waals surface area contributed by atoms with Gasteiger partial charge in [0, 0.05) is 0 Å². The van der Waals surface area contributed by atoms with Gasteiger partial charge >= 0.3 is 6.48 Å². The summed E-state index contributed by atoms with van der Waals surface area (Å²) in [6.45, 7) is 7.37. The maximum atomic E-state index is 5.72. The van der Waals surface area contributed by atoms with Crippen LogP contribution >= 0.6 is 0 Å². The predicted octanol–water partition coefficient (Wildman–Crippen LogP) is 2.95. The van der Waals surface area contributed by atoms with E-state index in [9.17, 15) is 0 Å². The van der Waals surface area contributed by atoms with E-state index in [-0.39, 0.29) is 11.2 Å². The Hall–Kier alpha value is -1.06. The van der Waals surface area contributed by atoms with Crippen LogP contribution in [0.25, 0.3) is 0 Å². The highest BCUT2D eigenvalue weighted by atomic mass is 16.9. The van der Waals surface area contributed by atoms with E-state index in [0.29, 0.717) is 0 Å². The topological polar surface area (TPSA) is 27.7 Å². The van der Waals surface area contributed by atoms with E-state index >= 15 is 0 Å². The molecule has 0 atom stereocenters. The van der Waals surface area contributed by atoms with Crippen LogP contribution in [0.2, 0.25) is 0 Å². The SMILES string of the molecule is CC1(C)OC(Oc2ccccc2)OC1(C)C. The smallest absolute Gasteiger partial charge is 0.317 e. The lowest BCUT2D eigenvalue weighted by atomic mass is 9.90. The third-order valence-corrected chi connectivity index (χ3v) is 3.21. The molecule has 0 aromatic heterocycles. The molecule has 0 saturated carbocycles. The normalized spacial score (nSPS) is 23.2. The van der Waals surface area contributed by atoms with Gasteiger partial charge in [0.1, 0.15) is 5.75 Å². The molecule has 0 aliphatic carbocycles. The summed E-state index contributed by atoms with van der Waals surface area (Å²) >= 11 is 0. The number of benzene rings is 1. The average Bonchev–Trinajstić information content (AvgIpc) is 2.36. The van der Waals surface area contributed by atoms with Gasteiger partial charge in [0.15, 0.2) is 0 Å². The maximum absolute atomic E-state index is 5.72. The Morgan fingerprint density at radius 1 is 0.938 bits per heavy atom. The van der Waals surface area contributed by atoms with Crippen molar-refractivity contribution < 1.29 is 14.2 Å². The zero-order chi connectivity index (χ0) is 11.8. The molecular weight excluding hydrogens is 204 g/mol. The lowest BCUT2D eigenvalue weighted by Gasteiger charge is -2.29. The van der Waals surface area contributed by atoms with Crippen molar-refractivity contribution in [3.63, 3.8) is 0 Å².